The fraction of sp³-hybridized carbons (Fsp3) is 0.455. The van der Waals surface area contributed by atoms with Crippen molar-refractivity contribution in [1.82, 2.24) is 4.98 Å². The van der Waals surface area contributed by atoms with Crippen LogP contribution >= 0.6 is 11.6 Å². The van der Waals surface area contributed by atoms with E-state index in [9.17, 15) is 4.79 Å². The highest BCUT2D eigenvalue weighted by molar-refractivity contribution is 6.29. The van der Waals surface area contributed by atoms with Crippen LogP contribution in [0, 0.1) is 0 Å². The van der Waals surface area contributed by atoms with Crippen LogP contribution in [0.3, 0.4) is 0 Å². The van der Waals surface area contributed by atoms with Gasteiger partial charge in [0.1, 0.15) is 5.15 Å². The van der Waals surface area contributed by atoms with Crippen LogP contribution in [0.4, 0.5) is 0 Å². The number of carbonyl (C=O) groups excluding carboxylic acids is 1. The number of amides is 1. The van der Waals surface area contributed by atoms with Gasteiger partial charge in [-0.2, -0.15) is 0 Å². The molecule has 0 bridgehead atoms. The van der Waals surface area contributed by atoms with Gasteiger partial charge in [0.15, 0.2) is 0 Å². The van der Waals surface area contributed by atoms with Gasteiger partial charge in [0.25, 0.3) is 0 Å². The van der Waals surface area contributed by atoms with Gasteiger partial charge in [-0.05, 0) is 24.5 Å². The molecule has 1 saturated carbocycles. The first-order chi connectivity index (χ1) is 7.15. The van der Waals surface area contributed by atoms with Crippen molar-refractivity contribution in [3.05, 3.63) is 29.0 Å². The largest absolute Gasteiger partial charge is 0.369 e. The van der Waals surface area contributed by atoms with Gasteiger partial charge in [0, 0.05) is 6.20 Å². The molecule has 0 aromatic carbocycles. The molecule has 4 heteroatoms. The summed E-state index contributed by atoms with van der Waals surface area (Å²) >= 11 is 5.72. The third-order valence-electron chi connectivity index (χ3n) is 3.21. The van der Waals surface area contributed by atoms with Crippen LogP contribution in [0.2, 0.25) is 5.15 Å². The maximum atomic E-state index is 11.6. The molecule has 2 rings (SSSR count). The molecule has 0 aliphatic heterocycles. The monoisotopic (exact) mass is 224 g/mol. The second-order valence-electron chi connectivity index (χ2n) is 4.02. The van der Waals surface area contributed by atoms with Crippen LogP contribution in [-0.2, 0) is 10.2 Å². The molecule has 2 N–H and O–H groups in total. The molecule has 0 atom stereocenters. The lowest BCUT2D eigenvalue weighted by atomic mass is 9.79. The molecule has 1 aromatic heterocycles. The Morgan fingerprint density at radius 2 is 2.07 bits per heavy atom. The lowest BCUT2D eigenvalue weighted by Gasteiger charge is -2.25. The van der Waals surface area contributed by atoms with Gasteiger partial charge in [-0.25, -0.2) is 4.98 Å². The minimum absolute atomic E-state index is 0.246. The van der Waals surface area contributed by atoms with E-state index in [0.29, 0.717) is 5.15 Å². The summed E-state index contributed by atoms with van der Waals surface area (Å²) < 4.78 is 0. The number of nitrogens with zero attached hydrogens (tertiary/aromatic N) is 1. The molecule has 0 spiro atoms. The summed E-state index contributed by atoms with van der Waals surface area (Å²) in [6, 6.07) is 3.56. The Hall–Kier alpha value is -1.09. The zero-order valence-electron chi connectivity index (χ0n) is 8.37. The van der Waals surface area contributed by atoms with E-state index in [2.05, 4.69) is 4.98 Å². The molecule has 1 aliphatic carbocycles. The lowest BCUT2D eigenvalue weighted by molar-refractivity contribution is -0.123. The van der Waals surface area contributed by atoms with Gasteiger partial charge in [-0.1, -0.05) is 30.5 Å². The molecule has 1 aliphatic rings. The molecule has 1 fully saturated rings. The van der Waals surface area contributed by atoms with Crippen molar-refractivity contribution in [3.63, 3.8) is 0 Å². The van der Waals surface area contributed by atoms with Crippen molar-refractivity contribution < 1.29 is 4.79 Å². The summed E-state index contributed by atoms with van der Waals surface area (Å²) in [7, 11) is 0. The van der Waals surface area contributed by atoms with E-state index in [4.69, 9.17) is 17.3 Å². The molecule has 0 unspecified atom stereocenters. The number of nitrogens with two attached hydrogens (primary N) is 1. The van der Waals surface area contributed by atoms with Crippen LogP contribution < -0.4 is 5.73 Å². The fourth-order valence-electron chi connectivity index (χ4n) is 2.31. The minimum Gasteiger partial charge on any atom is -0.369 e. The maximum absolute atomic E-state index is 11.6. The first kappa shape index (κ1) is 10.4. The summed E-state index contributed by atoms with van der Waals surface area (Å²) in [4.78, 5) is 15.6. The molecule has 80 valence electrons. The lowest BCUT2D eigenvalue weighted by Crippen LogP contribution is -2.38. The third-order valence-corrected chi connectivity index (χ3v) is 3.43. The van der Waals surface area contributed by atoms with E-state index >= 15 is 0 Å². The Bertz CT molecular complexity index is 369. The van der Waals surface area contributed by atoms with Crippen molar-refractivity contribution in [2.45, 2.75) is 31.1 Å². The molecule has 1 aromatic rings. The summed E-state index contributed by atoms with van der Waals surface area (Å²) in [5, 5.41) is 0.441. The number of hydrogen-bond acceptors (Lipinski definition) is 2. The smallest absolute Gasteiger partial charge is 0.228 e. The average molecular weight is 225 g/mol. The van der Waals surface area contributed by atoms with Crippen LogP contribution in [0.5, 0.6) is 0 Å². The molecule has 0 saturated heterocycles. The van der Waals surface area contributed by atoms with Gasteiger partial charge in [-0.3, -0.25) is 4.79 Å². The van der Waals surface area contributed by atoms with E-state index in [1.54, 1.807) is 12.3 Å². The van der Waals surface area contributed by atoms with Gasteiger partial charge in [0.2, 0.25) is 5.91 Å². The summed E-state index contributed by atoms with van der Waals surface area (Å²) in [6.45, 7) is 0. The van der Waals surface area contributed by atoms with Gasteiger partial charge < -0.3 is 5.73 Å². The quantitative estimate of drug-likeness (QED) is 0.782. The number of halogens is 1. The van der Waals surface area contributed by atoms with Gasteiger partial charge >= 0.3 is 0 Å². The topological polar surface area (TPSA) is 56.0 Å². The molecule has 1 amide bonds. The Kier molecular flexibility index (Phi) is 2.65. The van der Waals surface area contributed by atoms with Crippen LogP contribution in [-0.4, -0.2) is 10.9 Å². The van der Waals surface area contributed by atoms with Crippen molar-refractivity contribution in [1.29, 1.82) is 0 Å². The SMILES string of the molecule is NC(=O)C1(c2ccc(Cl)nc2)CCCC1. The predicted octanol–water partition coefficient (Wildman–Crippen LogP) is 2.03. The zero-order chi connectivity index (χ0) is 10.9. The predicted molar refractivity (Wildman–Crippen MR) is 58.6 cm³/mol. The summed E-state index contributed by atoms with van der Waals surface area (Å²) in [5.41, 5.74) is 5.90. The van der Waals surface area contributed by atoms with Gasteiger partial charge in [-0.15, -0.1) is 0 Å². The van der Waals surface area contributed by atoms with Crippen molar-refractivity contribution in [3.8, 4) is 0 Å². The standard InChI is InChI=1S/C11H13ClN2O/c12-9-4-3-8(7-14-9)11(10(13)15)5-1-2-6-11/h3-4,7H,1-2,5-6H2,(H2,13,15). The Morgan fingerprint density at radius 1 is 1.40 bits per heavy atom. The number of pyridine rings is 1. The van der Waals surface area contributed by atoms with E-state index in [1.807, 2.05) is 6.07 Å². The van der Waals surface area contributed by atoms with E-state index in [0.717, 1.165) is 31.2 Å². The van der Waals surface area contributed by atoms with E-state index in [1.165, 1.54) is 0 Å². The molecule has 0 radical (unpaired) electrons. The van der Waals surface area contributed by atoms with E-state index in [-0.39, 0.29) is 5.91 Å². The molecule has 15 heavy (non-hydrogen) atoms. The number of rotatable bonds is 2. The number of hydrogen-bond donors (Lipinski definition) is 1. The van der Waals surface area contributed by atoms with Crippen molar-refractivity contribution in [2.75, 3.05) is 0 Å². The highest BCUT2D eigenvalue weighted by Gasteiger charge is 2.41. The normalized spacial score (nSPS) is 19.0. The van der Waals surface area contributed by atoms with Crippen molar-refractivity contribution in [2.24, 2.45) is 5.73 Å². The van der Waals surface area contributed by atoms with Crippen LogP contribution in [0.1, 0.15) is 31.2 Å². The highest BCUT2D eigenvalue weighted by Crippen LogP contribution is 2.40. The zero-order valence-corrected chi connectivity index (χ0v) is 9.13. The van der Waals surface area contributed by atoms with Gasteiger partial charge in [0.05, 0.1) is 5.41 Å². The Balaban J connectivity index is 2.41. The Labute approximate surface area is 93.6 Å². The first-order valence-electron chi connectivity index (χ1n) is 5.07. The van der Waals surface area contributed by atoms with Crippen LogP contribution in [0.15, 0.2) is 18.3 Å². The van der Waals surface area contributed by atoms with E-state index < -0.39 is 5.41 Å². The summed E-state index contributed by atoms with van der Waals surface area (Å²) in [5.74, 6) is -0.246. The first-order valence-corrected chi connectivity index (χ1v) is 5.45. The third kappa shape index (κ3) is 1.72. The number of aromatic nitrogens is 1. The summed E-state index contributed by atoms with van der Waals surface area (Å²) in [6.07, 6.45) is 5.41. The van der Waals surface area contributed by atoms with Crippen molar-refractivity contribution >= 4 is 17.5 Å². The average Bonchev–Trinajstić information content (AvgIpc) is 2.69. The second-order valence-corrected chi connectivity index (χ2v) is 4.41. The molecule has 3 nitrogen and oxygen atoms in total. The fourth-order valence-corrected chi connectivity index (χ4v) is 2.43. The highest BCUT2D eigenvalue weighted by atomic mass is 35.5. The second kappa shape index (κ2) is 3.81. The molecule has 1 heterocycles. The van der Waals surface area contributed by atoms with Crippen LogP contribution in [0.25, 0.3) is 0 Å². The molecular weight excluding hydrogens is 212 g/mol. The number of primary amides is 1. The number of carbonyl (C=O) groups is 1. The Morgan fingerprint density at radius 3 is 2.53 bits per heavy atom. The minimum atomic E-state index is -0.502. The molecular formula is C11H13ClN2O. The maximum Gasteiger partial charge on any atom is 0.228 e.